The highest BCUT2D eigenvalue weighted by Crippen LogP contribution is 2.24. The van der Waals surface area contributed by atoms with Gasteiger partial charge in [-0.3, -0.25) is 9.48 Å². The Balaban J connectivity index is 1.46. The van der Waals surface area contributed by atoms with Crippen LogP contribution in [-0.2, 0) is 13.2 Å². The number of nitrogens with zero attached hydrogens (tertiary/aromatic N) is 3. The molecule has 4 aromatic rings. The van der Waals surface area contributed by atoms with Crippen molar-refractivity contribution in [3.63, 3.8) is 0 Å². The van der Waals surface area contributed by atoms with Crippen molar-refractivity contribution in [1.82, 2.24) is 14.9 Å². The largest absolute Gasteiger partial charge is 0.489 e. The molecule has 0 unspecified atom stereocenters. The van der Waals surface area contributed by atoms with Crippen LogP contribution in [0.4, 0.5) is 10.2 Å². The van der Waals surface area contributed by atoms with Crippen molar-refractivity contribution in [2.45, 2.75) is 20.1 Å². The van der Waals surface area contributed by atoms with E-state index in [0.717, 1.165) is 10.0 Å². The van der Waals surface area contributed by atoms with Crippen molar-refractivity contribution in [1.29, 1.82) is 0 Å². The van der Waals surface area contributed by atoms with Gasteiger partial charge in [0, 0.05) is 16.7 Å². The minimum absolute atomic E-state index is 0.000711. The molecule has 7 nitrogen and oxygen atoms in total. The molecule has 0 fully saturated rings. The summed E-state index contributed by atoms with van der Waals surface area (Å²) in [5.74, 6) is 0.225. The van der Waals surface area contributed by atoms with Gasteiger partial charge < -0.3 is 14.6 Å². The number of benzene rings is 2. The van der Waals surface area contributed by atoms with E-state index in [2.05, 4.69) is 47.4 Å². The summed E-state index contributed by atoms with van der Waals surface area (Å²) in [4.78, 5) is 12.8. The number of aryl methyl sites for hydroxylation is 1. The third kappa shape index (κ3) is 5.25. The number of rotatable bonds is 7. The molecule has 2 heterocycles. The number of amides is 1. The third-order valence-corrected chi connectivity index (χ3v) is 5.69. The van der Waals surface area contributed by atoms with Gasteiger partial charge in [-0.15, -0.1) is 0 Å². The van der Waals surface area contributed by atoms with Gasteiger partial charge in [-0.05, 0) is 52.7 Å². The summed E-state index contributed by atoms with van der Waals surface area (Å²) in [5, 5.41) is 11.0. The van der Waals surface area contributed by atoms with Crippen LogP contribution in [0.3, 0.4) is 0 Å². The van der Waals surface area contributed by atoms with Crippen molar-refractivity contribution in [3.05, 3.63) is 92.1 Å². The number of hydrogen-bond donors (Lipinski definition) is 1. The van der Waals surface area contributed by atoms with E-state index < -0.39 is 11.7 Å². The molecule has 0 aliphatic heterocycles. The summed E-state index contributed by atoms with van der Waals surface area (Å²) in [6.07, 6.45) is 1.78. The van der Waals surface area contributed by atoms with E-state index in [1.807, 2.05) is 24.3 Å². The Hall–Kier alpha value is -2.98. The van der Waals surface area contributed by atoms with Crippen LogP contribution in [0, 0.1) is 12.7 Å². The fourth-order valence-electron chi connectivity index (χ4n) is 2.96. The maximum atomic E-state index is 13.4. The van der Waals surface area contributed by atoms with Gasteiger partial charge in [0.15, 0.2) is 11.5 Å². The highest BCUT2D eigenvalue weighted by molar-refractivity contribution is 9.10. The summed E-state index contributed by atoms with van der Waals surface area (Å²) in [6, 6.07) is 13.6. The maximum Gasteiger partial charge on any atom is 0.279 e. The van der Waals surface area contributed by atoms with Gasteiger partial charge >= 0.3 is 0 Å². The molecule has 10 heteroatoms. The number of anilines is 1. The topological polar surface area (TPSA) is 82.2 Å². The zero-order valence-electron chi connectivity index (χ0n) is 16.8. The van der Waals surface area contributed by atoms with Crippen molar-refractivity contribution in [2.75, 3.05) is 5.32 Å². The molecule has 0 atom stereocenters. The van der Waals surface area contributed by atoms with E-state index in [1.54, 1.807) is 29.9 Å². The van der Waals surface area contributed by atoms with E-state index in [4.69, 9.17) is 9.26 Å². The van der Waals surface area contributed by atoms with Crippen LogP contribution in [0.1, 0.15) is 27.4 Å². The molecule has 1 amide bonds. The van der Waals surface area contributed by atoms with E-state index >= 15 is 0 Å². The van der Waals surface area contributed by atoms with Crippen LogP contribution in [0.25, 0.3) is 0 Å². The smallest absolute Gasteiger partial charge is 0.279 e. The molecule has 0 aliphatic carbocycles. The number of aromatic nitrogens is 3. The monoisotopic (exact) mass is 562 g/mol. The van der Waals surface area contributed by atoms with Gasteiger partial charge in [0.1, 0.15) is 23.9 Å². The Bertz CT molecular complexity index is 1250. The molecule has 0 radical (unpaired) electrons. The SMILES string of the molecule is Cc1onc(C(=O)Nc2nn(Cc3ccc(Br)cc3)cc2Br)c1COc1cccc(F)c1. The highest BCUT2D eigenvalue weighted by atomic mass is 79.9. The quantitative estimate of drug-likeness (QED) is 0.311. The molecule has 164 valence electrons. The Kier molecular flexibility index (Phi) is 6.71. The van der Waals surface area contributed by atoms with E-state index in [1.165, 1.54) is 12.1 Å². The van der Waals surface area contributed by atoms with E-state index in [0.29, 0.717) is 33.9 Å². The van der Waals surface area contributed by atoms with Crippen LogP contribution >= 0.6 is 31.9 Å². The van der Waals surface area contributed by atoms with Gasteiger partial charge in [0.05, 0.1) is 16.6 Å². The van der Waals surface area contributed by atoms with Crippen molar-refractivity contribution in [3.8, 4) is 5.75 Å². The molecule has 0 saturated heterocycles. The van der Waals surface area contributed by atoms with Gasteiger partial charge in [0.2, 0.25) is 0 Å². The first kappa shape index (κ1) is 22.2. The predicted octanol–water partition coefficient (Wildman–Crippen LogP) is 5.72. The lowest BCUT2D eigenvalue weighted by molar-refractivity contribution is 0.101. The van der Waals surface area contributed by atoms with Crippen LogP contribution in [0.5, 0.6) is 5.75 Å². The van der Waals surface area contributed by atoms with Gasteiger partial charge in [-0.25, -0.2) is 4.39 Å². The summed E-state index contributed by atoms with van der Waals surface area (Å²) >= 11 is 6.84. The zero-order chi connectivity index (χ0) is 22.7. The van der Waals surface area contributed by atoms with Crippen LogP contribution in [0.15, 0.2) is 68.2 Å². The maximum absolute atomic E-state index is 13.4. The second-order valence-corrected chi connectivity index (χ2v) is 8.69. The molecule has 2 aromatic heterocycles. The lowest BCUT2D eigenvalue weighted by atomic mass is 10.2. The number of nitrogens with one attached hydrogen (secondary N) is 1. The molecule has 2 aromatic carbocycles. The second kappa shape index (κ2) is 9.66. The molecule has 0 bridgehead atoms. The molecule has 0 saturated carbocycles. The molecule has 0 aliphatic rings. The van der Waals surface area contributed by atoms with Crippen LogP contribution in [-0.4, -0.2) is 20.8 Å². The Morgan fingerprint density at radius 3 is 2.75 bits per heavy atom. The van der Waals surface area contributed by atoms with E-state index in [9.17, 15) is 9.18 Å². The first-order valence-electron chi connectivity index (χ1n) is 9.51. The molecular weight excluding hydrogens is 547 g/mol. The van der Waals surface area contributed by atoms with Gasteiger partial charge in [0.25, 0.3) is 5.91 Å². The highest BCUT2D eigenvalue weighted by Gasteiger charge is 2.22. The number of carbonyl (C=O) groups is 1. The van der Waals surface area contributed by atoms with Crippen molar-refractivity contribution >= 4 is 43.6 Å². The normalized spacial score (nSPS) is 10.9. The summed E-state index contributed by atoms with van der Waals surface area (Å²) in [6.45, 7) is 2.22. The molecule has 1 N–H and O–H groups in total. The molecule has 0 spiro atoms. The lowest BCUT2D eigenvalue weighted by Gasteiger charge is -2.07. The van der Waals surface area contributed by atoms with Crippen LogP contribution < -0.4 is 10.1 Å². The molecular formula is C22H17Br2FN4O3. The summed E-state index contributed by atoms with van der Waals surface area (Å²) in [7, 11) is 0. The summed E-state index contributed by atoms with van der Waals surface area (Å²) in [5.41, 5.74) is 1.61. The number of halogens is 3. The minimum Gasteiger partial charge on any atom is -0.489 e. The number of ether oxygens (including phenoxy) is 1. The third-order valence-electron chi connectivity index (χ3n) is 4.59. The molecule has 32 heavy (non-hydrogen) atoms. The fourth-order valence-corrected chi connectivity index (χ4v) is 3.64. The van der Waals surface area contributed by atoms with E-state index in [-0.39, 0.29) is 12.3 Å². The Morgan fingerprint density at radius 2 is 2.00 bits per heavy atom. The standard InChI is InChI=1S/C22H17Br2FN4O3/c1-13-18(12-31-17-4-2-3-16(25)9-17)20(28-32-13)22(30)26-21-19(24)11-29(27-21)10-14-5-7-15(23)8-6-14/h2-9,11H,10,12H2,1H3,(H,26,27,30). The minimum atomic E-state index is -0.491. The molecule has 4 rings (SSSR count). The Labute approximate surface area is 199 Å². The van der Waals surface area contributed by atoms with Crippen LogP contribution in [0.2, 0.25) is 0 Å². The summed E-state index contributed by atoms with van der Waals surface area (Å²) < 4.78 is 27.5. The van der Waals surface area contributed by atoms with Gasteiger partial charge in [-0.2, -0.15) is 5.10 Å². The zero-order valence-corrected chi connectivity index (χ0v) is 20.0. The average molecular weight is 564 g/mol. The predicted molar refractivity (Wildman–Crippen MR) is 123 cm³/mol. The first-order valence-corrected chi connectivity index (χ1v) is 11.1. The fraction of sp³-hybridized carbons (Fsp3) is 0.136. The first-order chi connectivity index (χ1) is 15.4. The average Bonchev–Trinajstić information content (AvgIpc) is 3.30. The van der Waals surface area contributed by atoms with Crippen molar-refractivity contribution < 1.29 is 18.4 Å². The lowest BCUT2D eigenvalue weighted by Crippen LogP contribution is -2.16. The van der Waals surface area contributed by atoms with Gasteiger partial charge in [-0.1, -0.05) is 39.3 Å². The second-order valence-electron chi connectivity index (χ2n) is 6.92. The number of carbonyl (C=O) groups excluding carboxylic acids is 1. The number of hydrogen-bond acceptors (Lipinski definition) is 5. The van der Waals surface area contributed by atoms with Crippen molar-refractivity contribution in [2.24, 2.45) is 0 Å². The Morgan fingerprint density at radius 1 is 1.22 bits per heavy atom.